The lowest BCUT2D eigenvalue weighted by Crippen LogP contribution is -2.01. The molecule has 0 aliphatic carbocycles. The molecule has 0 aliphatic heterocycles. The summed E-state index contributed by atoms with van der Waals surface area (Å²) < 4.78 is 7.74. The molecule has 0 bridgehead atoms. The maximum Gasteiger partial charge on any atom is 0.213 e. The van der Waals surface area contributed by atoms with Crippen LogP contribution in [0, 0.1) is 4.77 Å². The Morgan fingerprint density at radius 1 is 1.32 bits per heavy atom. The number of aromatic nitrogens is 4. The number of hydrogen-bond donors (Lipinski definition) is 1. The summed E-state index contributed by atoms with van der Waals surface area (Å²) in [6, 6.07) is 7.67. The molecular formula is C13H12N4OS. The molecule has 3 aromatic rings. The molecule has 0 aliphatic rings. The number of fused-ring (bicyclic) bond motifs is 1. The van der Waals surface area contributed by atoms with E-state index in [1.54, 1.807) is 19.5 Å². The van der Waals surface area contributed by atoms with Crippen LogP contribution in [-0.4, -0.2) is 26.6 Å². The number of nitrogens with one attached hydrogen (secondary N) is 1. The van der Waals surface area contributed by atoms with Crippen LogP contribution < -0.4 is 4.74 Å². The van der Waals surface area contributed by atoms with E-state index in [-0.39, 0.29) is 0 Å². The minimum atomic E-state index is 0.594. The van der Waals surface area contributed by atoms with Gasteiger partial charge in [0, 0.05) is 18.5 Å². The monoisotopic (exact) mass is 272 g/mol. The fourth-order valence-corrected chi connectivity index (χ4v) is 2.24. The maximum atomic E-state index is 5.33. The van der Waals surface area contributed by atoms with E-state index in [1.807, 2.05) is 28.8 Å². The molecule has 3 rings (SSSR count). The van der Waals surface area contributed by atoms with Crippen LogP contribution in [0.2, 0.25) is 0 Å². The van der Waals surface area contributed by atoms with Crippen LogP contribution in [0.15, 0.2) is 36.7 Å². The van der Waals surface area contributed by atoms with Gasteiger partial charge in [-0.25, -0.2) is 9.97 Å². The largest absolute Gasteiger partial charge is 0.481 e. The second-order valence-corrected chi connectivity index (χ2v) is 4.48. The van der Waals surface area contributed by atoms with Crippen molar-refractivity contribution in [3.05, 3.63) is 47.0 Å². The van der Waals surface area contributed by atoms with Gasteiger partial charge in [0.05, 0.1) is 19.2 Å². The first kappa shape index (κ1) is 11.9. The first-order valence-corrected chi connectivity index (χ1v) is 6.21. The van der Waals surface area contributed by atoms with E-state index in [9.17, 15) is 0 Å². The number of imidazole rings is 1. The third-order valence-electron chi connectivity index (χ3n) is 2.88. The van der Waals surface area contributed by atoms with Crippen molar-refractivity contribution in [1.29, 1.82) is 0 Å². The zero-order chi connectivity index (χ0) is 13.2. The molecule has 0 amide bonds. The minimum Gasteiger partial charge on any atom is -0.481 e. The smallest absolute Gasteiger partial charge is 0.213 e. The Hall–Kier alpha value is -2.21. The number of ether oxygens (including phenoxy) is 1. The third kappa shape index (κ3) is 2.22. The van der Waals surface area contributed by atoms with E-state index in [0.717, 1.165) is 16.7 Å². The number of hydrogen-bond acceptors (Lipinski definition) is 4. The summed E-state index contributed by atoms with van der Waals surface area (Å²) in [5.74, 6) is 0.594. The van der Waals surface area contributed by atoms with Gasteiger partial charge in [-0.15, -0.1) is 0 Å². The van der Waals surface area contributed by atoms with Gasteiger partial charge in [0.15, 0.2) is 10.4 Å². The van der Waals surface area contributed by atoms with Gasteiger partial charge in [0.2, 0.25) is 5.88 Å². The lowest BCUT2D eigenvalue weighted by Gasteiger charge is -2.05. The van der Waals surface area contributed by atoms with Crippen LogP contribution in [-0.2, 0) is 6.54 Å². The van der Waals surface area contributed by atoms with Crippen LogP contribution in [0.1, 0.15) is 5.56 Å². The Bertz CT molecular complexity index is 777. The Labute approximate surface area is 114 Å². The third-order valence-corrected chi connectivity index (χ3v) is 3.20. The second kappa shape index (κ2) is 4.81. The van der Waals surface area contributed by atoms with Gasteiger partial charge in [-0.05, 0) is 36.0 Å². The van der Waals surface area contributed by atoms with Gasteiger partial charge >= 0.3 is 0 Å². The Kier molecular flexibility index (Phi) is 3.00. The number of aromatic amines is 1. The minimum absolute atomic E-state index is 0.594. The van der Waals surface area contributed by atoms with Crippen LogP contribution in [0.4, 0.5) is 0 Å². The molecule has 0 saturated heterocycles. The van der Waals surface area contributed by atoms with Crippen molar-refractivity contribution >= 4 is 23.4 Å². The van der Waals surface area contributed by atoms with Crippen molar-refractivity contribution in [3.8, 4) is 5.88 Å². The molecule has 0 aromatic carbocycles. The van der Waals surface area contributed by atoms with Crippen LogP contribution >= 0.6 is 12.2 Å². The normalized spacial score (nSPS) is 10.8. The molecule has 19 heavy (non-hydrogen) atoms. The average molecular weight is 272 g/mol. The quantitative estimate of drug-likeness (QED) is 0.744. The molecule has 0 fully saturated rings. The molecule has 0 atom stereocenters. The lowest BCUT2D eigenvalue weighted by molar-refractivity contribution is 0.397. The van der Waals surface area contributed by atoms with E-state index in [0.29, 0.717) is 17.2 Å². The zero-order valence-electron chi connectivity index (χ0n) is 10.3. The van der Waals surface area contributed by atoms with Crippen LogP contribution in [0.3, 0.4) is 0 Å². The van der Waals surface area contributed by atoms with E-state index in [2.05, 4.69) is 15.0 Å². The topological polar surface area (TPSA) is 55.7 Å². The second-order valence-electron chi connectivity index (χ2n) is 4.10. The van der Waals surface area contributed by atoms with Crippen molar-refractivity contribution in [3.63, 3.8) is 0 Å². The molecular weight excluding hydrogens is 260 g/mol. The molecule has 6 heteroatoms. The number of H-pyrrole nitrogens is 1. The van der Waals surface area contributed by atoms with Crippen molar-refractivity contribution in [2.75, 3.05) is 7.11 Å². The summed E-state index contributed by atoms with van der Waals surface area (Å²) in [5.41, 5.74) is 2.85. The number of pyridine rings is 2. The van der Waals surface area contributed by atoms with E-state index in [1.165, 1.54) is 0 Å². The fraction of sp³-hybridized carbons (Fsp3) is 0.154. The number of nitrogens with zero attached hydrogens (tertiary/aromatic N) is 3. The first-order valence-electron chi connectivity index (χ1n) is 5.80. The molecule has 0 saturated carbocycles. The Morgan fingerprint density at radius 3 is 3.05 bits per heavy atom. The standard InChI is InChI=1S/C13H12N4OS/c1-18-11-7-9(4-6-14-11)8-17-12-10(16-13(17)19)3-2-5-15-12/h2-7H,8H2,1H3,(H,16,19). The highest BCUT2D eigenvalue weighted by atomic mass is 32.1. The van der Waals surface area contributed by atoms with Gasteiger partial charge in [-0.3, -0.25) is 4.57 Å². The van der Waals surface area contributed by atoms with Crippen molar-refractivity contribution in [2.24, 2.45) is 0 Å². The molecule has 96 valence electrons. The maximum absolute atomic E-state index is 5.33. The summed E-state index contributed by atoms with van der Waals surface area (Å²) in [5, 5.41) is 0. The van der Waals surface area contributed by atoms with Gasteiger partial charge in [0.1, 0.15) is 0 Å². The van der Waals surface area contributed by atoms with Crippen LogP contribution in [0.25, 0.3) is 11.2 Å². The molecule has 3 heterocycles. The highest BCUT2D eigenvalue weighted by Crippen LogP contribution is 2.15. The average Bonchev–Trinajstić information content (AvgIpc) is 2.76. The lowest BCUT2D eigenvalue weighted by atomic mass is 10.2. The Morgan fingerprint density at radius 2 is 2.21 bits per heavy atom. The summed E-state index contributed by atoms with van der Waals surface area (Å²) in [4.78, 5) is 11.6. The Balaban J connectivity index is 2.05. The van der Waals surface area contributed by atoms with Crippen molar-refractivity contribution < 1.29 is 4.74 Å². The van der Waals surface area contributed by atoms with Gasteiger partial charge in [0.25, 0.3) is 0 Å². The number of methoxy groups -OCH3 is 1. The van der Waals surface area contributed by atoms with E-state index in [4.69, 9.17) is 17.0 Å². The highest BCUT2D eigenvalue weighted by Gasteiger charge is 2.06. The molecule has 3 aromatic heterocycles. The molecule has 0 radical (unpaired) electrons. The van der Waals surface area contributed by atoms with Crippen LogP contribution in [0.5, 0.6) is 5.88 Å². The molecule has 1 N–H and O–H groups in total. The highest BCUT2D eigenvalue weighted by molar-refractivity contribution is 7.71. The van der Waals surface area contributed by atoms with Crippen molar-refractivity contribution in [2.45, 2.75) is 6.54 Å². The van der Waals surface area contributed by atoms with Gasteiger partial charge in [-0.2, -0.15) is 0 Å². The predicted molar refractivity (Wildman–Crippen MR) is 74.8 cm³/mol. The number of rotatable bonds is 3. The summed E-state index contributed by atoms with van der Waals surface area (Å²) in [6.45, 7) is 0.634. The summed E-state index contributed by atoms with van der Waals surface area (Å²) >= 11 is 5.33. The van der Waals surface area contributed by atoms with Gasteiger partial charge in [-0.1, -0.05) is 0 Å². The summed E-state index contributed by atoms with van der Waals surface area (Å²) in [7, 11) is 1.60. The molecule has 0 unspecified atom stereocenters. The SMILES string of the molecule is COc1cc(Cn2c(=S)[nH]c3cccnc32)ccn1. The van der Waals surface area contributed by atoms with E-state index < -0.39 is 0 Å². The fourth-order valence-electron chi connectivity index (χ4n) is 1.98. The zero-order valence-corrected chi connectivity index (χ0v) is 11.1. The predicted octanol–water partition coefficient (Wildman–Crippen LogP) is 2.55. The van der Waals surface area contributed by atoms with Crippen molar-refractivity contribution in [1.82, 2.24) is 19.5 Å². The first-order chi connectivity index (χ1) is 9.28. The van der Waals surface area contributed by atoms with E-state index >= 15 is 0 Å². The van der Waals surface area contributed by atoms with Gasteiger partial charge < -0.3 is 9.72 Å². The molecule has 5 nitrogen and oxygen atoms in total. The molecule has 0 spiro atoms. The summed E-state index contributed by atoms with van der Waals surface area (Å²) in [6.07, 6.45) is 3.48.